The third kappa shape index (κ3) is 5.15. The van der Waals surface area contributed by atoms with Crippen molar-refractivity contribution >= 4 is 51.2 Å². The highest BCUT2D eigenvalue weighted by molar-refractivity contribution is 8.08. The van der Waals surface area contributed by atoms with Crippen LogP contribution in [0.25, 0.3) is 11.1 Å². The molecule has 0 aliphatic carbocycles. The smallest absolute Gasteiger partial charge is 0.337 e. The van der Waals surface area contributed by atoms with E-state index in [1.165, 1.54) is 29.0 Å². The van der Waals surface area contributed by atoms with Crippen LogP contribution in [0.3, 0.4) is 0 Å². The Labute approximate surface area is 224 Å². The highest BCUT2D eigenvalue weighted by Gasteiger charge is 2.30. The SMILES string of the molecule is CCn1c(=O)/c(=C2\Sc3cc(C)ccc3N2C)s/c1=C\c1scc[n+]1CCc1cccc(C(F)(F)F)c1. The minimum Gasteiger partial charge on any atom is -0.337 e. The summed E-state index contributed by atoms with van der Waals surface area (Å²) in [6.07, 6.45) is 0.0587. The molecule has 0 saturated heterocycles. The van der Waals surface area contributed by atoms with E-state index in [1.54, 1.807) is 33.7 Å². The van der Waals surface area contributed by atoms with Crippen LogP contribution in [0.5, 0.6) is 0 Å². The number of benzene rings is 2. The molecule has 2 aromatic heterocycles. The number of alkyl halides is 3. The summed E-state index contributed by atoms with van der Waals surface area (Å²) in [7, 11) is 1.99. The molecule has 0 atom stereocenters. The Morgan fingerprint density at radius 2 is 1.95 bits per heavy atom. The number of thiazole rings is 2. The molecule has 1 aliphatic heterocycles. The number of hydrogen-bond acceptors (Lipinski definition) is 5. The maximum atomic E-state index is 13.4. The predicted octanol–water partition coefficient (Wildman–Crippen LogP) is 4.99. The molecule has 5 rings (SSSR count). The number of rotatable bonds is 5. The molecule has 4 aromatic rings. The van der Waals surface area contributed by atoms with E-state index < -0.39 is 11.7 Å². The largest absolute Gasteiger partial charge is 0.416 e. The second-order valence-electron chi connectivity index (χ2n) is 8.78. The van der Waals surface area contributed by atoms with Crippen molar-refractivity contribution in [1.82, 2.24) is 4.57 Å². The van der Waals surface area contributed by atoms with Crippen LogP contribution in [0.2, 0.25) is 0 Å². The fraction of sp³-hybridized carbons (Fsp3) is 0.259. The van der Waals surface area contributed by atoms with Gasteiger partial charge in [0.15, 0.2) is 12.7 Å². The van der Waals surface area contributed by atoms with Crippen molar-refractivity contribution in [3.63, 3.8) is 0 Å². The Bertz CT molecular complexity index is 1650. The van der Waals surface area contributed by atoms with Gasteiger partial charge in [-0.1, -0.05) is 47.4 Å². The third-order valence-electron chi connectivity index (χ3n) is 6.27. The molecule has 0 N–H and O–H groups in total. The van der Waals surface area contributed by atoms with Gasteiger partial charge in [0.25, 0.3) is 10.6 Å². The van der Waals surface area contributed by atoms with Crippen molar-refractivity contribution in [3.8, 4) is 0 Å². The lowest BCUT2D eigenvalue weighted by Crippen LogP contribution is -2.36. The van der Waals surface area contributed by atoms with E-state index >= 15 is 0 Å². The molecule has 0 saturated carbocycles. The number of hydrogen-bond donors (Lipinski definition) is 0. The van der Waals surface area contributed by atoms with E-state index in [0.717, 1.165) is 31.3 Å². The topological polar surface area (TPSA) is 29.1 Å². The van der Waals surface area contributed by atoms with Crippen molar-refractivity contribution in [1.29, 1.82) is 0 Å². The van der Waals surface area contributed by atoms with Crippen LogP contribution in [0.1, 0.15) is 28.6 Å². The summed E-state index contributed by atoms with van der Waals surface area (Å²) in [5.41, 5.74) is 2.27. The van der Waals surface area contributed by atoms with E-state index in [0.29, 0.717) is 29.6 Å². The molecular formula is C27H25F3N3OS3+. The molecule has 3 heterocycles. The Hall–Kier alpha value is -2.82. The first-order valence-corrected chi connectivity index (χ1v) is 14.3. The number of halogens is 3. The molecule has 0 amide bonds. The fourth-order valence-corrected chi connectivity index (χ4v) is 7.74. The number of anilines is 1. The van der Waals surface area contributed by atoms with Crippen molar-refractivity contribution in [2.24, 2.45) is 0 Å². The quantitative estimate of drug-likeness (QED) is 0.323. The summed E-state index contributed by atoms with van der Waals surface area (Å²) in [6.45, 7) is 5.10. The van der Waals surface area contributed by atoms with Gasteiger partial charge in [0.05, 0.1) is 22.7 Å². The van der Waals surface area contributed by atoms with E-state index in [4.69, 9.17) is 0 Å². The van der Waals surface area contributed by atoms with Crippen molar-refractivity contribution in [2.45, 2.75) is 44.4 Å². The molecule has 1 aliphatic rings. The fourth-order valence-electron chi connectivity index (χ4n) is 4.30. The first kappa shape index (κ1) is 25.8. The van der Waals surface area contributed by atoms with Crippen molar-refractivity contribution < 1.29 is 17.7 Å². The lowest BCUT2D eigenvalue weighted by molar-refractivity contribution is -0.693. The van der Waals surface area contributed by atoms with Gasteiger partial charge in [-0.25, -0.2) is 0 Å². The standard InChI is InChI=1S/C27H25F3N3OS3/c1-4-33-23(37-24(25(33)34)26-31(3)20-9-8-17(2)14-21(20)36-26)16-22-32(12-13-35-22)11-10-18-6-5-7-19(15-18)27(28,29)30/h5-9,12-16H,4,10-11H2,1-3H3/q+1/b26-24+. The van der Waals surface area contributed by atoms with Gasteiger partial charge < -0.3 is 4.90 Å². The molecular weight excluding hydrogens is 536 g/mol. The normalized spacial score (nSPS) is 15.5. The molecule has 4 nitrogen and oxygen atoms in total. The van der Waals surface area contributed by atoms with Crippen LogP contribution in [0.15, 0.2) is 63.7 Å². The maximum absolute atomic E-state index is 13.4. The number of thioether (sulfide) groups is 1. The van der Waals surface area contributed by atoms with Gasteiger partial charge in [0.1, 0.15) is 14.2 Å². The van der Waals surface area contributed by atoms with Crippen molar-refractivity contribution in [2.75, 3.05) is 11.9 Å². The Kier molecular flexibility index (Phi) is 7.08. The second-order valence-corrected chi connectivity index (χ2v) is 11.8. The molecule has 0 bridgehead atoms. The molecule has 0 fully saturated rings. The van der Waals surface area contributed by atoms with Crippen LogP contribution < -0.4 is 24.2 Å². The Balaban J connectivity index is 1.48. The van der Waals surface area contributed by atoms with Crippen LogP contribution in [-0.2, 0) is 25.7 Å². The monoisotopic (exact) mass is 560 g/mol. The summed E-state index contributed by atoms with van der Waals surface area (Å²) in [6, 6.07) is 11.8. The van der Waals surface area contributed by atoms with Gasteiger partial charge in [-0.3, -0.25) is 9.36 Å². The average molecular weight is 561 g/mol. The summed E-state index contributed by atoms with van der Waals surface area (Å²) in [4.78, 5) is 16.6. The minimum atomic E-state index is -4.35. The first-order valence-electron chi connectivity index (χ1n) is 11.8. The molecule has 0 spiro atoms. The van der Waals surface area contributed by atoms with Gasteiger partial charge in [-0.05, 0) is 43.2 Å². The molecule has 10 heteroatoms. The van der Waals surface area contributed by atoms with E-state index in [2.05, 4.69) is 30.0 Å². The third-order valence-corrected chi connectivity index (χ3v) is 9.58. The molecule has 0 radical (unpaired) electrons. The zero-order valence-corrected chi connectivity index (χ0v) is 23.0. The zero-order chi connectivity index (χ0) is 26.3. The number of fused-ring (bicyclic) bond motifs is 1. The number of nitrogens with zero attached hydrogens (tertiary/aromatic N) is 3. The van der Waals surface area contributed by atoms with Gasteiger partial charge in [-0.2, -0.15) is 17.7 Å². The number of aromatic nitrogens is 2. The second kappa shape index (κ2) is 10.2. The highest BCUT2D eigenvalue weighted by Crippen LogP contribution is 2.45. The predicted molar refractivity (Wildman–Crippen MR) is 146 cm³/mol. The van der Waals surface area contributed by atoms with Crippen LogP contribution in [0.4, 0.5) is 18.9 Å². The van der Waals surface area contributed by atoms with Crippen LogP contribution >= 0.6 is 34.4 Å². The summed E-state index contributed by atoms with van der Waals surface area (Å²) in [5, 5.41) is 3.83. The minimum absolute atomic E-state index is 0.00954. The molecule has 2 aromatic carbocycles. The van der Waals surface area contributed by atoms with Crippen molar-refractivity contribution in [3.05, 3.63) is 95.3 Å². The van der Waals surface area contributed by atoms with E-state index in [1.807, 2.05) is 36.2 Å². The summed E-state index contributed by atoms with van der Waals surface area (Å²) >= 11 is 4.64. The number of aryl methyl sites for hydroxylation is 3. The van der Waals surface area contributed by atoms with Gasteiger partial charge >= 0.3 is 6.18 Å². The Morgan fingerprint density at radius 3 is 2.70 bits per heavy atom. The first-order chi connectivity index (χ1) is 17.7. The maximum Gasteiger partial charge on any atom is 0.416 e. The highest BCUT2D eigenvalue weighted by atomic mass is 32.2. The van der Waals surface area contributed by atoms with E-state index in [-0.39, 0.29) is 5.56 Å². The Morgan fingerprint density at radius 1 is 1.14 bits per heavy atom. The van der Waals surface area contributed by atoms with Gasteiger partial charge in [0.2, 0.25) is 0 Å². The summed E-state index contributed by atoms with van der Waals surface area (Å²) in [5.74, 6) is 0. The average Bonchev–Trinajstić information content (AvgIpc) is 3.53. The van der Waals surface area contributed by atoms with Gasteiger partial charge in [0, 0.05) is 24.9 Å². The lowest BCUT2D eigenvalue weighted by atomic mass is 10.1. The zero-order valence-electron chi connectivity index (χ0n) is 20.5. The summed E-state index contributed by atoms with van der Waals surface area (Å²) < 4.78 is 44.6. The molecule has 192 valence electrons. The molecule has 0 unspecified atom stereocenters. The molecule has 37 heavy (non-hydrogen) atoms. The van der Waals surface area contributed by atoms with Crippen LogP contribution in [0, 0.1) is 6.92 Å². The van der Waals surface area contributed by atoms with Gasteiger partial charge in [-0.15, -0.1) is 11.3 Å². The van der Waals surface area contributed by atoms with Crippen LogP contribution in [-0.4, -0.2) is 11.6 Å². The lowest BCUT2D eigenvalue weighted by Gasteiger charge is -2.12. The van der Waals surface area contributed by atoms with E-state index in [9.17, 15) is 18.0 Å².